The van der Waals surface area contributed by atoms with E-state index in [-0.39, 0.29) is 25.5 Å². The van der Waals surface area contributed by atoms with Crippen molar-refractivity contribution in [3.8, 4) is 0 Å². The van der Waals surface area contributed by atoms with Crippen LogP contribution in [0.2, 0.25) is 0 Å². The van der Waals surface area contributed by atoms with E-state index in [1.54, 1.807) is 0 Å². The molecular weight excluding hydrogens is 1040 g/mol. The third-order valence-electron chi connectivity index (χ3n) is 14.5. The van der Waals surface area contributed by atoms with Crippen molar-refractivity contribution in [2.24, 2.45) is 0 Å². The van der Waals surface area contributed by atoms with Crippen molar-refractivity contribution in [3.63, 3.8) is 0 Å². The van der Waals surface area contributed by atoms with E-state index in [4.69, 9.17) is 13.8 Å². The summed E-state index contributed by atoms with van der Waals surface area (Å²) < 4.78 is 30.7. The summed E-state index contributed by atoms with van der Waals surface area (Å²) in [5.41, 5.74) is 0. The van der Waals surface area contributed by atoms with Gasteiger partial charge in [0.15, 0.2) is 0 Å². The van der Waals surface area contributed by atoms with Crippen LogP contribution in [-0.2, 0) is 27.9 Å². The van der Waals surface area contributed by atoms with E-state index in [0.29, 0.717) is 23.9 Å². The Hall–Kier alpha value is -3.33. The number of carbonyl (C=O) groups is 2. The molecule has 9 nitrogen and oxygen atoms in total. The minimum absolute atomic E-state index is 0.0249. The zero-order valence-electron chi connectivity index (χ0n) is 54.0. The van der Waals surface area contributed by atoms with Crippen LogP contribution in [-0.4, -0.2) is 74.3 Å². The summed E-state index contributed by atoms with van der Waals surface area (Å²) in [6.45, 7) is 6.83. The predicted octanol–water partition coefficient (Wildman–Crippen LogP) is 21.3. The summed E-state index contributed by atoms with van der Waals surface area (Å²) in [7, 11) is 1.45. The number of hydrogen-bond donors (Lipinski definition) is 2. The summed E-state index contributed by atoms with van der Waals surface area (Å²) in [5, 5.41) is 3.04. The number of likely N-dealkylation sites (N-methyl/N-ethyl adjacent to an activating group) is 1. The molecule has 0 aliphatic carbocycles. The first-order valence-electron chi connectivity index (χ1n) is 33.7. The number of unbranched alkanes of at least 4 members (excludes halogenated alkanes) is 28. The molecule has 0 saturated carbocycles. The third-order valence-corrected chi connectivity index (χ3v) is 15.4. The Balaban J connectivity index is 5.20. The molecule has 0 bridgehead atoms. The van der Waals surface area contributed by atoms with E-state index in [0.717, 1.165) is 83.5 Å². The molecule has 0 rings (SSSR count). The number of hydrogen-bond acceptors (Lipinski definition) is 6. The van der Waals surface area contributed by atoms with E-state index in [1.165, 1.54) is 161 Å². The first-order chi connectivity index (χ1) is 39.9. The van der Waals surface area contributed by atoms with Crippen LogP contribution in [0.25, 0.3) is 0 Å². The number of nitrogens with one attached hydrogen (secondary N) is 1. The number of phosphoric ester groups is 1. The van der Waals surface area contributed by atoms with E-state index in [2.05, 4.69) is 117 Å². The topological polar surface area (TPSA) is 111 Å². The summed E-state index contributed by atoms with van der Waals surface area (Å²) in [4.78, 5) is 37.8. The SMILES string of the molecule is CC/C=C\C/C=C\C/C=C\C/C=C\C/C=C\C/C=C\CCC(=O)OC(/C=C\CCCCCCCCCCCC)C(COP(=O)(O)OCC[N+](C)(C)C)NC(=O)CCCCCCCCCCCCCCCCC/C=C\C/C=C\CCCCC. The number of allylic oxidation sites excluding steroid dienone is 17. The Kier molecular flexibility index (Phi) is 58.3. The highest BCUT2D eigenvalue weighted by molar-refractivity contribution is 7.47. The van der Waals surface area contributed by atoms with Crippen molar-refractivity contribution in [2.45, 2.75) is 296 Å². The summed E-state index contributed by atoms with van der Waals surface area (Å²) in [5.74, 6) is -0.603. The van der Waals surface area contributed by atoms with Crippen LogP contribution in [0.15, 0.2) is 109 Å². The fraction of sp³-hybridized carbons (Fsp3) is 0.722. The Morgan fingerprint density at radius 1 is 0.439 bits per heavy atom. The smallest absolute Gasteiger partial charge is 0.456 e. The van der Waals surface area contributed by atoms with Gasteiger partial charge in [-0.3, -0.25) is 18.6 Å². The van der Waals surface area contributed by atoms with Crippen molar-refractivity contribution >= 4 is 19.7 Å². The summed E-state index contributed by atoms with van der Waals surface area (Å²) in [6.07, 6.45) is 84.0. The number of nitrogens with zero attached hydrogens (tertiary/aromatic N) is 1. The Morgan fingerprint density at radius 2 is 0.793 bits per heavy atom. The van der Waals surface area contributed by atoms with Crippen LogP contribution in [0.4, 0.5) is 0 Å². The largest absolute Gasteiger partial charge is 0.472 e. The Morgan fingerprint density at radius 3 is 1.22 bits per heavy atom. The van der Waals surface area contributed by atoms with E-state index in [1.807, 2.05) is 39.4 Å². The molecule has 0 heterocycles. The lowest BCUT2D eigenvalue weighted by Gasteiger charge is -2.27. The highest BCUT2D eigenvalue weighted by Crippen LogP contribution is 2.43. The maximum absolute atomic E-state index is 13.6. The van der Waals surface area contributed by atoms with Gasteiger partial charge in [-0.1, -0.05) is 278 Å². The molecule has 0 spiro atoms. The second kappa shape index (κ2) is 60.8. The van der Waals surface area contributed by atoms with Gasteiger partial charge in [-0.25, -0.2) is 4.57 Å². The fourth-order valence-corrected chi connectivity index (χ4v) is 10.0. The zero-order valence-corrected chi connectivity index (χ0v) is 54.8. The van der Waals surface area contributed by atoms with Gasteiger partial charge < -0.3 is 19.4 Å². The van der Waals surface area contributed by atoms with E-state index >= 15 is 0 Å². The van der Waals surface area contributed by atoms with E-state index < -0.39 is 25.9 Å². The van der Waals surface area contributed by atoms with Gasteiger partial charge in [0.1, 0.15) is 19.3 Å². The number of quaternary nitrogens is 1. The average Bonchev–Trinajstić information content (AvgIpc) is 3.44. The second-order valence-corrected chi connectivity index (χ2v) is 25.1. The van der Waals surface area contributed by atoms with Crippen molar-refractivity contribution in [1.29, 1.82) is 0 Å². The molecule has 0 aromatic carbocycles. The maximum Gasteiger partial charge on any atom is 0.472 e. The van der Waals surface area contributed by atoms with E-state index in [9.17, 15) is 19.0 Å². The number of esters is 1. The van der Waals surface area contributed by atoms with Crippen LogP contribution in [0.3, 0.4) is 0 Å². The van der Waals surface area contributed by atoms with Crippen molar-refractivity contribution in [1.82, 2.24) is 5.32 Å². The molecule has 1 amide bonds. The van der Waals surface area contributed by atoms with Gasteiger partial charge in [0.25, 0.3) is 0 Å². The number of phosphoric acid groups is 1. The number of amides is 1. The summed E-state index contributed by atoms with van der Waals surface area (Å²) >= 11 is 0. The highest BCUT2D eigenvalue weighted by Gasteiger charge is 2.30. The minimum atomic E-state index is -4.47. The first kappa shape index (κ1) is 78.7. The lowest BCUT2D eigenvalue weighted by atomic mass is 10.0. The Labute approximate surface area is 506 Å². The maximum atomic E-state index is 13.6. The highest BCUT2D eigenvalue weighted by atomic mass is 31.2. The molecule has 0 saturated heterocycles. The normalized spacial score (nSPS) is 14.3. The average molecular weight is 1160 g/mol. The second-order valence-electron chi connectivity index (χ2n) is 23.6. The van der Waals surface area contributed by atoms with Crippen molar-refractivity contribution in [2.75, 3.05) is 40.9 Å². The standard InChI is InChI=1S/C72H127N2O7P/c1-7-10-13-16-19-22-25-28-30-32-34-35-36-37-38-39-41-42-44-46-49-52-55-58-61-64-71(75)73-69(68-80-82(77,78)79-67-66-74(4,5)6)70(63-60-57-54-51-48-27-24-21-18-15-12-9-3)81-72(76)65-62-59-56-53-50-47-45-43-40-33-31-29-26-23-20-17-14-11-8-2/h11,14,19-20,22-23,28-31,40,43,47,50,56,59-60,63,69-70H,7-10,12-13,15-18,21,24-27,32-39,41-42,44-46,48-49,51-55,57-58,61-62,64-68H2,1-6H3,(H-,73,75,77,78)/p+1/b14-11-,22-19-,23-20-,30-28-,31-29-,43-40-,50-47-,59-56-,63-60-. The first-order valence-corrected chi connectivity index (χ1v) is 35.2. The van der Waals surface area contributed by atoms with Gasteiger partial charge in [-0.15, -0.1) is 0 Å². The van der Waals surface area contributed by atoms with Gasteiger partial charge in [0.05, 0.1) is 33.8 Å². The molecule has 0 fully saturated rings. The lowest BCUT2D eigenvalue weighted by Crippen LogP contribution is -2.47. The van der Waals surface area contributed by atoms with Gasteiger partial charge in [-0.05, 0) is 102 Å². The molecule has 82 heavy (non-hydrogen) atoms. The molecular formula is C72H128N2O7P+. The molecule has 0 aliphatic rings. The van der Waals surface area contributed by atoms with Gasteiger partial charge in [-0.2, -0.15) is 0 Å². The molecule has 3 unspecified atom stereocenters. The van der Waals surface area contributed by atoms with Crippen LogP contribution >= 0.6 is 7.82 Å². The number of carbonyl (C=O) groups excluding carboxylic acids is 2. The van der Waals surface area contributed by atoms with Crippen molar-refractivity contribution in [3.05, 3.63) is 109 Å². The molecule has 0 aromatic rings. The lowest BCUT2D eigenvalue weighted by molar-refractivity contribution is -0.870. The molecule has 0 aromatic heterocycles. The quantitative estimate of drug-likeness (QED) is 0.0205. The minimum Gasteiger partial charge on any atom is -0.456 e. The van der Waals surface area contributed by atoms with Crippen LogP contribution < -0.4 is 5.32 Å². The van der Waals surface area contributed by atoms with Gasteiger partial charge in [0.2, 0.25) is 5.91 Å². The van der Waals surface area contributed by atoms with Crippen LogP contribution in [0.5, 0.6) is 0 Å². The number of rotatable bonds is 60. The molecule has 472 valence electrons. The molecule has 0 radical (unpaired) electrons. The van der Waals surface area contributed by atoms with Gasteiger partial charge in [0, 0.05) is 12.8 Å². The molecule has 0 aliphatic heterocycles. The monoisotopic (exact) mass is 1160 g/mol. The molecule has 10 heteroatoms. The van der Waals surface area contributed by atoms with Crippen LogP contribution in [0, 0.1) is 0 Å². The fourth-order valence-electron chi connectivity index (χ4n) is 9.29. The third kappa shape index (κ3) is 61.2. The van der Waals surface area contributed by atoms with Crippen molar-refractivity contribution < 1.29 is 37.3 Å². The summed E-state index contributed by atoms with van der Waals surface area (Å²) in [6, 6.07) is -0.885. The molecule has 2 N–H and O–H groups in total. The number of ether oxygens (including phenoxy) is 1. The van der Waals surface area contributed by atoms with Gasteiger partial charge >= 0.3 is 13.8 Å². The molecule has 3 atom stereocenters. The predicted molar refractivity (Wildman–Crippen MR) is 355 cm³/mol. The zero-order chi connectivity index (χ0) is 60.0. The van der Waals surface area contributed by atoms with Crippen LogP contribution in [0.1, 0.15) is 284 Å². The Bertz CT molecular complexity index is 1770.